The third kappa shape index (κ3) is 1.07. The summed E-state index contributed by atoms with van der Waals surface area (Å²) in [5, 5.41) is 5.03. The molecule has 0 bridgehead atoms. The smallest absolute Gasteiger partial charge is 0.181 e. The summed E-state index contributed by atoms with van der Waals surface area (Å²) >= 11 is 0. The molecule has 2 heterocycles. The van der Waals surface area contributed by atoms with Crippen LogP contribution in [-0.2, 0) is 11.3 Å². The second-order valence-electron chi connectivity index (χ2n) is 2.43. The molecule has 2 rings (SSSR count). The maximum Gasteiger partial charge on any atom is 0.181 e. The fourth-order valence-corrected chi connectivity index (χ4v) is 1.07. The van der Waals surface area contributed by atoms with Crippen LogP contribution in [0.15, 0.2) is 24.5 Å². The Morgan fingerprint density at radius 2 is 2.50 bits per heavy atom. The van der Waals surface area contributed by atoms with Gasteiger partial charge in [-0.1, -0.05) is 0 Å². The van der Waals surface area contributed by atoms with E-state index in [0.717, 1.165) is 11.7 Å². The zero-order valence-electron chi connectivity index (χ0n) is 6.34. The van der Waals surface area contributed by atoms with Crippen LogP contribution >= 0.6 is 0 Å². The van der Waals surface area contributed by atoms with Gasteiger partial charge in [-0.05, 0) is 12.1 Å². The third-order valence-electron chi connectivity index (χ3n) is 1.59. The summed E-state index contributed by atoms with van der Waals surface area (Å²) in [6.45, 7) is 0.288. The fraction of sp³-hybridized carbons (Fsp3) is 0.125. The fourth-order valence-electron chi connectivity index (χ4n) is 1.07. The Bertz CT molecular complexity index is 374. The minimum Gasteiger partial charge on any atom is -0.301 e. The lowest BCUT2D eigenvalue weighted by Crippen LogP contribution is -1.98. The summed E-state index contributed by atoms with van der Waals surface area (Å²) in [5.74, 6) is 0. The highest BCUT2D eigenvalue weighted by Crippen LogP contribution is 2.06. The lowest BCUT2D eigenvalue weighted by atomic mass is 10.4. The molecule has 0 saturated heterocycles. The zero-order chi connectivity index (χ0) is 8.39. The van der Waals surface area contributed by atoms with E-state index in [2.05, 4.69) is 10.1 Å². The molecule has 0 radical (unpaired) electrons. The van der Waals surface area contributed by atoms with Crippen molar-refractivity contribution in [3.63, 3.8) is 0 Å². The van der Waals surface area contributed by atoms with E-state index in [1.54, 1.807) is 17.1 Å². The van der Waals surface area contributed by atoms with Gasteiger partial charge in [0.2, 0.25) is 0 Å². The van der Waals surface area contributed by atoms with Crippen LogP contribution in [0.5, 0.6) is 0 Å². The van der Waals surface area contributed by atoms with E-state index < -0.39 is 0 Å². The minimum absolute atomic E-state index is 0.288. The van der Waals surface area contributed by atoms with Gasteiger partial charge in [0.05, 0.1) is 6.54 Å². The molecule has 4 heteroatoms. The Morgan fingerprint density at radius 3 is 3.25 bits per heavy atom. The number of carbonyl (C=O) groups excluding carboxylic acids is 1. The van der Waals surface area contributed by atoms with E-state index in [1.807, 2.05) is 12.1 Å². The van der Waals surface area contributed by atoms with Gasteiger partial charge in [-0.15, -0.1) is 0 Å². The standard InChI is InChI=1S/C8H7N3O/c12-5-4-11-6-7-2-1-3-9-8(7)10-11/h1-3,5-6H,4H2. The van der Waals surface area contributed by atoms with E-state index in [1.165, 1.54) is 0 Å². The molecule has 2 aromatic heterocycles. The van der Waals surface area contributed by atoms with Crippen LogP contribution in [0.2, 0.25) is 0 Å². The van der Waals surface area contributed by atoms with Crippen molar-refractivity contribution in [3.8, 4) is 0 Å². The summed E-state index contributed by atoms with van der Waals surface area (Å²) in [4.78, 5) is 14.2. The van der Waals surface area contributed by atoms with Gasteiger partial charge < -0.3 is 4.79 Å². The Labute approximate surface area is 68.8 Å². The van der Waals surface area contributed by atoms with Crippen molar-refractivity contribution in [3.05, 3.63) is 24.5 Å². The highest BCUT2D eigenvalue weighted by molar-refractivity contribution is 5.73. The number of nitrogens with zero attached hydrogens (tertiary/aromatic N) is 3. The second-order valence-corrected chi connectivity index (χ2v) is 2.43. The molecule has 0 atom stereocenters. The van der Waals surface area contributed by atoms with Gasteiger partial charge in [0.25, 0.3) is 0 Å². The molecule has 60 valence electrons. The second kappa shape index (κ2) is 2.73. The molecular formula is C8H7N3O. The van der Waals surface area contributed by atoms with Crippen molar-refractivity contribution in [1.29, 1.82) is 0 Å². The van der Waals surface area contributed by atoms with E-state index in [-0.39, 0.29) is 6.54 Å². The number of aldehydes is 1. The number of carbonyl (C=O) groups is 1. The number of pyridine rings is 1. The Hall–Kier alpha value is -1.71. The number of rotatable bonds is 2. The van der Waals surface area contributed by atoms with Crippen molar-refractivity contribution in [1.82, 2.24) is 14.8 Å². The molecular weight excluding hydrogens is 154 g/mol. The molecule has 0 unspecified atom stereocenters. The number of hydrogen-bond acceptors (Lipinski definition) is 3. The highest BCUT2D eigenvalue weighted by atomic mass is 16.1. The molecule has 0 aliphatic carbocycles. The molecule has 0 saturated carbocycles. The Kier molecular flexibility index (Phi) is 1.59. The van der Waals surface area contributed by atoms with Crippen molar-refractivity contribution in [2.45, 2.75) is 6.54 Å². The van der Waals surface area contributed by atoms with E-state index in [9.17, 15) is 4.79 Å². The lowest BCUT2D eigenvalue weighted by molar-refractivity contribution is -0.108. The quantitative estimate of drug-likeness (QED) is 0.607. The first-order valence-corrected chi connectivity index (χ1v) is 3.62. The largest absolute Gasteiger partial charge is 0.301 e. The van der Waals surface area contributed by atoms with Gasteiger partial charge in [-0.2, -0.15) is 5.10 Å². The van der Waals surface area contributed by atoms with Crippen LogP contribution in [0.25, 0.3) is 11.0 Å². The van der Waals surface area contributed by atoms with Gasteiger partial charge in [-0.3, -0.25) is 4.68 Å². The van der Waals surface area contributed by atoms with Gasteiger partial charge in [0.15, 0.2) is 5.65 Å². The van der Waals surface area contributed by atoms with E-state index in [4.69, 9.17) is 0 Å². The summed E-state index contributed by atoms with van der Waals surface area (Å²) in [5.41, 5.74) is 0.680. The van der Waals surface area contributed by atoms with Crippen molar-refractivity contribution < 1.29 is 4.79 Å². The molecule has 0 N–H and O–H groups in total. The zero-order valence-corrected chi connectivity index (χ0v) is 6.34. The normalized spacial score (nSPS) is 10.3. The maximum atomic E-state index is 10.2. The van der Waals surface area contributed by atoms with E-state index >= 15 is 0 Å². The van der Waals surface area contributed by atoms with Crippen molar-refractivity contribution in [2.75, 3.05) is 0 Å². The molecule has 0 spiro atoms. The molecule has 4 nitrogen and oxygen atoms in total. The van der Waals surface area contributed by atoms with Crippen LogP contribution in [0.3, 0.4) is 0 Å². The summed E-state index contributed by atoms with van der Waals surface area (Å²) in [6, 6.07) is 3.76. The number of hydrogen-bond donors (Lipinski definition) is 0. The average Bonchev–Trinajstić information content (AvgIpc) is 2.47. The van der Waals surface area contributed by atoms with E-state index in [0.29, 0.717) is 5.65 Å². The van der Waals surface area contributed by atoms with Crippen molar-refractivity contribution in [2.24, 2.45) is 0 Å². The van der Waals surface area contributed by atoms with Crippen LogP contribution in [0.1, 0.15) is 0 Å². The van der Waals surface area contributed by atoms with Crippen LogP contribution in [0, 0.1) is 0 Å². The SMILES string of the molecule is O=CCn1cc2cccnc2n1. The first-order valence-electron chi connectivity index (χ1n) is 3.62. The molecule has 12 heavy (non-hydrogen) atoms. The summed E-state index contributed by atoms with van der Waals surface area (Å²) in [7, 11) is 0. The Morgan fingerprint density at radius 1 is 1.58 bits per heavy atom. The molecule has 0 aliphatic rings. The van der Waals surface area contributed by atoms with Crippen LogP contribution in [0.4, 0.5) is 0 Å². The number of fused-ring (bicyclic) bond motifs is 1. The predicted molar refractivity (Wildman–Crippen MR) is 43.6 cm³/mol. The lowest BCUT2D eigenvalue weighted by Gasteiger charge is -1.87. The molecule has 2 aromatic rings. The topological polar surface area (TPSA) is 47.8 Å². The monoisotopic (exact) mass is 161 g/mol. The predicted octanol–water partition coefficient (Wildman–Crippen LogP) is 0.630. The molecule has 0 amide bonds. The average molecular weight is 161 g/mol. The van der Waals surface area contributed by atoms with Crippen molar-refractivity contribution >= 4 is 17.3 Å². The minimum atomic E-state index is 0.288. The van der Waals surface area contributed by atoms with Crippen LogP contribution < -0.4 is 0 Å². The molecule has 0 fully saturated rings. The van der Waals surface area contributed by atoms with Gasteiger partial charge >= 0.3 is 0 Å². The molecule has 0 aromatic carbocycles. The van der Waals surface area contributed by atoms with Gasteiger partial charge in [-0.25, -0.2) is 4.98 Å². The molecule has 0 aliphatic heterocycles. The number of aromatic nitrogens is 3. The first-order chi connectivity index (χ1) is 5.90. The summed E-state index contributed by atoms with van der Waals surface area (Å²) < 4.78 is 1.57. The first kappa shape index (κ1) is 6.97. The summed E-state index contributed by atoms with van der Waals surface area (Å²) in [6.07, 6.45) is 4.29. The van der Waals surface area contributed by atoms with Gasteiger partial charge in [0, 0.05) is 17.8 Å². The van der Waals surface area contributed by atoms with Gasteiger partial charge in [0.1, 0.15) is 6.29 Å². The Balaban J connectivity index is 2.54. The maximum absolute atomic E-state index is 10.2. The highest BCUT2D eigenvalue weighted by Gasteiger charge is 1.98. The van der Waals surface area contributed by atoms with Crippen LogP contribution in [-0.4, -0.2) is 21.1 Å². The third-order valence-corrected chi connectivity index (χ3v) is 1.59.